The number of rotatable bonds is 5. The molecular formula is C15H16FNO2. The van der Waals surface area contributed by atoms with Crippen LogP contribution in [0.5, 0.6) is 17.2 Å². The first kappa shape index (κ1) is 13.2. The Labute approximate surface area is 111 Å². The van der Waals surface area contributed by atoms with E-state index >= 15 is 0 Å². The third-order valence-corrected chi connectivity index (χ3v) is 2.49. The van der Waals surface area contributed by atoms with E-state index in [1.165, 1.54) is 12.1 Å². The highest BCUT2D eigenvalue weighted by Crippen LogP contribution is 2.33. The molecule has 2 N–H and O–H groups in total. The average Bonchev–Trinajstić information content (AvgIpc) is 2.41. The van der Waals surface area contributed by atoms with Crippen LogP contribution in [0, 0.1) is 5.82 Å². The third kappa shape index (κ3) is 3.37. The van der Waals surface area contributed by atoms with E-state index in [4.69, 9.17) is 15.2 Å². The lowest BCUT2D eigenvalue weighted by Crippen LogP contribution is -1.98. The maximum Gasteiger partial charge on any atom is 0.169 e. The Hall–Kier alpha value is -2.23. The van der Waals surface area contributed by atoms with Gasteiger partial charge in [-0.25, -0.2) is 4.39 Å². The second kappa shape index (κ2) is 6.09. The van der Waals surface area contributed by atoms with Gasteiger partial charge in [0.25, 0.3) is 0 Å². The molecular weight excluding hydrogens is 245 g/mol. The zero-order valence-corrected chi connectivity index (χ0v) is 10.7. The minimum absolute atomic E-state index is 0.127. The standard InChI is InChI=1S/C15H16FNO2/c1-2-9-18-14-5-3-4-6-15(14)19-13-8-7-11(17)10-12(13)16/h3-8,10H,2,9,17H2,1H3. The highest BCUT2D eigenvalue weighted by molar-refractivity contribution is 5.47. The van der Waals surface area contributed by atoms with Crippen molar-refractivity contribution in [2.45, 2.75) is 13.3 Å². The summed E-state index contributed by atoms with van der Waals surface area (Å²) in [4.78, 5) is 0. The molecule has 0 spiro atoms. The van der Waals surface area contributed by atoms with Crippen molar-refractivity contribution in [3.63, 3.8) is 0 Å². The summed E-state index contributed by atoms with van der Waals surface area (Å²) in [6, 6.07) is 11.5. The fourth-order valence-electron chi connectivity index (χ4n) is 1.58. The molecule has 0 aromatic heterocycles. The summed E-state index contributed by atoms with van der Waals surface area (Å²) in [5.74, 6) is 0.715. The molecule has 2 rings (SSSR count). The summed E-state index contributed by atoms with van der Waals surface area (Å²) in [5, 5.41) is 0. The first-order valence-electron chi connectivity index (χ1n) is 6.15. The fourth-order valence-corrected chi connectivity index (χ4v) is 1.58. The van der Waals surface area contributed by atoms with Crippen LogP contribution in [0.3, 0.4) is 0 Å². The topological polar surface area (TPSA) is 44.5 Å². The number of nitrogens with two attached hydrogens (primary N) is 1. The molecule has 2 aromatic rings. The monoisotopic (exact) mass is 261 g/mol. The molecule has 19 heavy (non-hydrogen) atoms. The lowest BCUT2D eigenvalue weighted by atomic mass is 10.3. The molecule has 0 bridgehead atoms. The van der Waals surface area contributed by atoms with Crippen molar-refractivity contribution in [3.05, 3.63) is 48.3 Å². The lowest BCUT2D eigenvalue weighted by Gasteiger charge is -2.12. The van der Waals surface area contributed by atoms with Gasteiger partial charge in [0.15, 0.2) is 23.1 Å². The number of nitrogen functional groups attached to an aromatic ring is 1. The van der Waals surface area contributed by atoms with Gasteiger partial charge in [-0.1, -0.05) is 19.1 Å². The van der Waals surface area contributed by atoms with Crippen LogP contribution in [0.25, 0.3) is 0 Å². The van der Waals surface area contributed by atoms with Gasteiger partial charge in [-0.3, -0.25) is 0 Å². The van der Waals surface area contributed by atoms with Gasteiger partial charge in [0, 0.05) is 11.8 Å². The Bertz CT molecular complexity index is 558. The summed E-state index contributed by atoms with van der Waals surface area (Å²) in [7, 11) is 0. The van der Waals surface area contributed by atoms with Gasteiger partial charge < -0.3 is 15.2 Å². The average molecular weight is 261 g/mol. The van der Waals surface area contributed by atoms with E-state index in [1.807, 2.05) is 19.1 Å². The number of anilines is 1. The number of hydrogen-bond acceptors (Lipinski definition) is 3. The Morgan fingerprint density at radius 2 is 1.79 bits per heavy atom. The summed E-state index contributed by atoms with van der Waals surface area (Å²) < 4.78 is 24.8. The highest BCUT2D eigenvalue weighted by Gasteiger charge is 2.09. The molecule has 0 saturated heterocycles. The molecule has 0 aliphatic carbocycles. The minimum Gasteiger partial charge on any atom is -0.490 e. The molecule has 3 nitrogen and oxygen atoms in total. The third-order valence-electron chi connectivity index (χ3n) is 2.49. The van der Waals surface area contributed by atoms with Crippen LogP contribution in [0.1, 0.15) is 13.3 Å². The smallest absolute Gasteiger partial charge is 0.169 e. The number of ether oxygens (including phenoxy) is 2. The van der Waals surface area contributed by atoms with Crippen LogP contribution in [0.4, 0.5) is 10.1 Å². The molecule has 0 fully saturated rings. The van der Waals surface area contributed by atoms with E-state index in [0.717, 1.165) is 6.42 Å². The number of para-hydroxylation sites is 2. The first-order valence-corrected chi connectivity index (χ1v) is 6.15. The largest absolute Gasteiger partial charge is 0.490 e. The van der Waals surface area contributed by atoms with Crippen LogP contribution >= 0.6 is 0 Å². The molecule has 0 heterocycles. The first-order chi connectivity index (χ1) is 9.20. The predicted molar refractivity (Wildman–Crippen MR) is 73.1 cm³/mol. The quantitative estimate of drug-likeness (QED) is 0.828. The van der Waals surface area contributed by atoms with Gasteiger partial charge in [-0.2, -0.15) is 0 Å². The SMILES string of the molecule is CCCOc1ccccc1Oc1ccc(N)cc1F. The highest BCUT2D eigenvalue weighted by atomic mass is 19.1. The molecule has 2 aromatic carbocycles. The van der Waals surface area contributed by atoms with Gasteiger partial charge in [-0.05, 0) is 30.7 Å². The van der Waals surface area contributed by atoms with Crippen molar-refractivity contribution >= 4 is 5.69 Å². The number of benzene rings is 2. The van der Waals surface area contributed by atoms with Gasteiger partial charge in [0.2, 0.25) is 0 Å². The van der Waals surface area contributed by atoms with E-state index in [0.29, 0.717) is 23.8 Å². The van der Waals surface area contributed by atoms with Gasteiger partial charge >= 0.3 is 0 Å². The molecule has 0 radical (unpaired) electrons. The summed E-state index contributed by atoms with van der Waals surface area (Å²) in [6.45, 7) is 2.60. The normalized spacial score (nSPS) is 10.2. The van der Waals surface area contributed by atoms with E-state index in [2.05, 4.69) is 0 Å². The Balaban J connectivity index is 2.22. The molecule has 0 unspecified atom stereocenters. The maximum absolute atomic E-state index is 13.7. The summed E-state index contributed by atoms with van der Waals surface area (Å²) in [6.07, 6.45) is 0.893. The molecule has 0 atom stereocenters. The fraction of sp³-hybridized carbons (Fsp3) is 0.200. The minimum atomic E-state index is -0.495. The second-order valence-corrected chi connectivity index (χ2v) is 4.09. The van der Waals surface area contributed by atoms with E-state index in [9.17, 15) is 4.39 Å². The zero-order chi connectivity index (χ0) is 13.7. The van der Waals surface area contributed by atoms with Crippen molar-refractivity contribution in [2.75, 3.05) is 12.3 Å². The van der Waals surface area contributed by atoms with Crippen LogP contribution in [0.15, 0.2) is 42.5 Å². The van der Waals surface area contributed by atoms with Crippen LogP contribution in [-0.4, -0.2) is 6.61 Å². The summed E-state index contributed by atoms with van der Waals surface area (Å²) in [5.41, 5.74) is 5.86. The number of halogens is 1. The Morgan fingerprint density at radius 1 is 1.05 bits per heavy atom. The van der Waals surface area contributed by atoms with Crippen LogP contribution < -0.4 is 15.2 Å². The maximum atomic E-state index is 13.7. The van der Waals surface area contributed by atoms with Crippen LogP contribution in [-0.2, 0) is 0 Å². The van der Waals surface area contributed by atoms with Gasteiger partial charge in [-0.15, -0.1) is 0 Å². The second-order valence-electron chi connectivity index (χ2n) is 4.09. The zero-order valence-electron chi connectivity index (χ0n) is 10.7. The van der Waals surface area contributed by atoms with Gasteiger partial charge in [0.1, 0.15) is 0 Å². The van der Waals surface area contributed by atoms with Crippen molar-refractivity contribution in [2.24, 2.45) is 0 Å². The molecule has 100 valence electrons. The van der Waals surface area contributed by atoms with Crippen molar-refractivity contribution in [1.29, 1.82) is 0 Å². The van der Waals surface area contributed by atoms with Crippen molar-refractivity contribution in [3.8, 4) is 17.2 Å². The van der Waals surface area contributed by atoms with Crippen molar-refractivity contribution < 1.29 is 13.9 Å². The van der Waals surface area contributed by atoms with Crippen LogP contribution in [0.2, 0.25) is 0 Å². The lowest BCUT2D eigenvalue weighted by molar-refractivity contribution is 0.300. The number of hydrogen-bond donors (Lipinski definition) is 1. The molecule has 4 heteroatoms. The van der Waals surface area contributed by atoms with E-state index < -0.39 is 5.82 Å². The molecule has 0 aliphatic heterocycles. The van der Waals surface area contributed by atoms with Crippen molar-refractivity contribution in [1.82, 2.24) is 0 Å². The molecule has 0 amide bonds. The Kier molecular flexibility index (Phi) is 4.23. The van der Waals surface area contributed by atoms with E-state index in [1.54, 1.807) is 18.2 Å². The summed E-state index contributed by atoms with van der Waals surface area (Å²) >= 11 is 0. The predicted octanol–water partition coefficient (Wildman–Crippen LogP) is 3.99. The van der Waals surface area contributed by atoms with Gasteiger partial charge in [0.05, 0.1) is 6.61 Å². The Morgan fingerprint density at radius 3 is 2.47 bits per heavy atom. The molecule has 0 aliphatic rings. The van der Waals surface area contributed by atoms with E-state index in [-0.39, 0.29) is 5.75 Å². The molecule has 0 saturated carbocycles.